The van der Waals surface area contributed by atoms with Crippen LogP contribution in [-0.2, 0) is 6.54 Å². The van der Waals surface area contributed by atoms with E-state index in [0.717, 1.165) is 10.5 Å². The summed E-state index contributed by atoms with van der Waals surface area (Å²) in [6, 6.07) is 5.46. The Bertz CT molecular complexity index is 1050. The van der Waals surface area contributed by atoms with Crippen LogP contribution < -0.4 is 11.0 Å². The summed E-state index contributed by atoms with van der Waals surface area (Å²) in [6.45, 7) is 1.73. The van der Waals surface area contributed by atoms with Crippen LogP contribution in [0.4, 0.5) is 4.39 Å². The molecule has 3 N–H and O–H groups in total. The Hall–Kier alpha value is -3.49. The average Bonchev–Trinajstić information content (AvgIpc) is 2.96. The number of hydrogen-bond acceptors (Lipinski definition) is 4. The predicted octanol–water partition coefficient (Wildman–Crippen LogP) is 1.10. The molecule has 9 heteroatoms. The van der Waals surface area contributed by atoms with E-state index >= 15 is 0 Å². The minimum absolute atomic E-state index is 0.0210. The lowest BCUT2D eigenvalue weighted by Crippen LogP contribution is -2.26. The summed E-state index contributed by atoms with van der Waals surface area (Å²) in [5, 5.41) is 11.8. The molecule has 0 aliphatic rings. The van der Waals surface area contributed by atoms with E-state index in [0.29, 0.717) is 11.1 Å². The third-order valence-corrected chi connectivity index (χ3v) is 3.63. The number of H-pyrrole nitrogens is 1. The molecule has 2 heterocycles. The van der Waals surface area contributed by atoms with Crippen LogP contribution in [0.1, 0.15) is 32.1 Å². The zero-order valence-electron chi connectivity index (χ0n) is 13.0. The number of nitrogens with zero attached hydrogens (tertiary/aromatic N) is 2. The fourth-order valence-electron chi connectivity index (χ4n) is 2.39. The molecule has 8 nitrogen and oxygen atoms in total. The number of halogens is 1. The Kier molecular flexibility index (Phi) is 4.05. The number of carbonyl (C=O) groups is 2. The molecule has 0 bridgehead atoms. The Labute approximate surface area is 139 Å². The minimum atomic E-state index is -1.36. The molecule has 3 aromatic rings. The van der Waals surface area contributed by atoms with E-state index in [-0.39, 0.29) is 29.4 Å². The molecule has 0 spiro atoms. The molecule has 1 aromatic carbocycles. The van der Waals surface area contributed by atoms with Crippen LogP contribution in [0.15, 0.2) is 35.3 Å². The van der Waals surface area contributed by atoms with Crippen molar-refractivity contribution in [3.8, 4) is 0 Å². The number of amides is 1. The summed E-state index contributed by atoms with van der Waals surface area (Å²) in [7, 11) is 0. The first kappa shape index (κ1) is 16.4. The number of imidazole rings is 1. The van der Waals surface area contributed by atoms with Crippen molar-refractivity contribution in [2.45, 2.75) is 13.5 Å². The first-order valence-electron chi connectivity index (χ1n) is 7.24. The zero-order chi connectivity index (χ0) is 18.1. The van der Waals surface area contributed by atoms with Crippen molar-refractivity contribution in [1.29, 1.82) is 0 Å². The molecule has 0 fully saturated rings. The molecule has 128 valence electrons. The van der Waals surface area contributed by atoms with Crippen molar-refractivity contribution in [3.05, 3.63) is 69.3 Å². The number of carboxylic acid groups (broad SMARTS) is 1. The maximum atomic E-state index is 13.2. The fourth-order valence-corrected chi connectivity index (χ4v) is 2.39. The Morgan fingerprint density at radius 2 is 2.12 bits per heavy atom. The Morgan fingerprint density at radius 3 is 2.80 bits per heavy atom. The number of benzene rings is 1. The first-order chi connectivity index (χ1) is 11.9. The van der Waals surface area contributed by atoms with Gasteiger partial charge in [0, 0.05) is 18.8 Å². The van der Waals surface area contributed by atoms with Gasteiger partial charge in [-0.25, -0.2) is 23.4 Å². The lowest BCUT2D eigenvalue weighted by Gasteiger charge is -2.08. The summed E-state index contributed by atoms with van der Waals surface area (Å²) >= 11 is 0. The van der Waals surface area contributed by atoms with Crippen molar-refractivity contribution in [2.24, 2.45) is 0 Å². The van der Waals surface area contributed by atoms with Crippen molar-refractivity contribution >= 4 is 17.5 Å². The van der Waals surface area contributed by atoms with Crippen LogP contribution in [0.3, 0.4) is 0 Å². The lowest BCUT2D eigenvalue weighted by atomic mass is 10.1. The van der Waals surface area contributed by atoms with Crippen LogP contribution in [0, 0.1) is 12.7 Å². The highest BCUT2D eigenvalue weighted by Gasteiger charge is 2.17. The number of rotatable bonds is 4. The normalized spacial score (nSPS) is 10.8. The topological polar surface area (TPSA) is 117 Å². The molecule has 0 aliphatic heterocycles. The minimum Gasteiger partial charge on any atom is -0.477 e. The Morgan fingerprint density at radius 1 is 1.36 bits per heavy atom. The van der Waals surface area contributed by atoms with Crippen LogP contribution in [-0.4, -0.2) is 31.4 Å². The summed E-state index contributed by atoms with van der Waals surface area (Å²) in [5.41, 5.74) is -0.0219. The summed E-state index contributed by atoms with van der Waals surface area (Å²) in [5.74, 6) is -2.32. The van der Waals surface area contributed by atoms with Gasteiger partial charge in [-0.2, -0.15) is 0 Å². The number of aromatic amines is 1. The lowest BCUT2D eigenvalue weighted by molar-refractivity contribution is 0.0688. The largest absolute Gasteiger partial charge is 0.477 e. The predicted molar refractivity (Wildman–Crippen MR) is 85.1 cm³/mol. The van der Waals surface area contributed by atoms with Crippen molar-refractivity contribution < 1.29 is 19.1 Å². The zero-order valence-corrected chi connectivity index (χ0v) is 13.0. The molecule has 0 saturated carbocycles. The third kappa shape index (κ3) is 3.11. The van der Waals surface area contributed by atoms with Gasteiger partial charge >= 0.3 is 11.7 Å². The number of carbonyl (C=O) groups excluding carboxylic acids is 1. The van der Waals surface area contributed by atoms with Crippen LogP contribution in [0.5, 0.6) is 0 Å². The molecule has 0 atom stereocenters. The molecule has 0 radical (unpaired) electrons. The number of aryl methyl sites for hydroxylation is 1. The van der Waals surface area contributed by atoms with E-state index < -0.39 is 17.6 Å². The number of hydrogen-bond donors (Lipinski definition) is 3. The average molecular weight is 344 g/mol. The number of nitrogens with one attached hydrogen (secondary N) is 2. The highest BCUT2D eigenvalue weighted by atomic mass is 19.1. The molecular formula is C16H13FN4O4. The van der Waals surface area contributed by atoms with Gasteiger partial charge in [0.05, 0.1) is 0 Å². The van der Waals surface area contributed by atoms with Crippen LogP contribution >= 0.6 is 0 Å². The maximum Gasteiger partial charge on any atom is 0.353 e. The van der Waals surface area contributed by atoms with Crippen molar-refractivity contribution in [3.63, 3.8) is 0 Å². The molecule has 0 unspecified atom stereocenters. The van der Waals surface area contributed by atoms with Gasteiger partial charge in [0.1, 0.15) is 17.2 Å². The van der Waals surface area contributed by atoms with Gasteiger partial charge in [0.25, 0.3) is 5.91 Å². The monoisotopic (exact) mass is 344 g/mol. The van der Waals surface area contributed by atoms with Gasteiger partial charge in [-0.3, -0.25) is 4.79 Å². The van der Waals surface area contributed by atoms with E-state index in [4.69, 9.17) is 0 Å². The van der Waals surface area contributed by atoms with Gasteiger partial charge < -0.3 is 15.4 Å². The second-order valence-corrected chi connectivity index (χ2v) is 5.39. The van der Waals surface area contributed by atoms with Gasteiger partial charge in [0.15, 0.2) is 5.65 Å². The van der Waals surface area contributed by atoms with E-state index in [1.807, 2.05) is 0 Å². The van der Waals surface area contributed by atoms with Crippen LogP contribution in [0.2, 0.25) is 0 Å². The van der Waals surface area contributed by atoms with Crippen LogP contribution in [0.25, 0.3) is 5.65 Å². The van der Waals surface area contributed by atoms with E-state index in [1.54, 1.807) is 13.0 Å². The number of aromatic carboxylic acids is 1. The quantitative estimate of drug-likeness (QED) is 0.655. The number of aromatic nitrogens is 3. The van der Waals surface area contributed by atoms with E-state index in [9.17, 15) is 23.9 Å². The molecular weight excluding hydrogens is 331 g/mol. The molecule has 2 aromatic heterocycles. The molecule has 0 saturated heterocycles. The van der Waals surface area contributed by atoms with E-state index in [1.165, 1.54) is 18.3 Å². The molecule has 0 aliphatic carbocycles. The fraction of sp³-hybridized carbons (Fsp3) is 0.125. The number of carboxylic acids is 1. The first-order valence-corrected chi connectivity index (χ1v) is 7.24. The smallest absolute Gasteiger partial charge is 0.353 e. The standard InChI is InChI=1S/C16H13FN4O4/c1-8-4-9(2-3-10(8)17)6-18-14(22)11-5-12(15(23)24)21-13(20-11)7-19-16(21)25/h2-5,7H,6H2,1H3,(H,18,22)(H,19,25)(H,23,24). The van der Waals surface area contributed by atoms with Gasteiger partial charge in [-0.05, 0) is 24.1 Å². The summed E-state index contributed by atoms with van der Waals surface area (Å²) < 4.78 is 14.1. The molecule has 3 rings (SSSR count). The van der Waals surface area contributed by atoms with Gasteiger partial charge in [-0.1, -0.05) is 12.1 Å². The summed E-state index contributed by atoms with van der Waals surface area (Å²) in [4.78, 5) is 41.5. The molecule has 25 heavy (non-hydrogen) atoms. The molecule has 1 amide bonds. The summed E-state index contributed by atoms with van der Waals surface area (Å²) in [6.07, 6.45) is 1.22. The van der Waals surface area contributed by atoms with Crippen molar-refractivity contribution in [2.75, 3.05) is 0 Å². The second kappa shape index (κ2) is 6.19. The SMILES string of the molecule is Cc1cc(CNC(=O)c2cc(C(=O)O)n3c(=O)[nH]cc3n2)ccc1F. The van der Waals surface area contributed by atoms with Crippen molar-refractivity contribution in [1.82, 2.24) is 19.7 Å². The van der Waals surface area contributed by atoms with Gasteiger partial charge in [0.2, 0.25) is 0 Å². The highest BCUT2D eigenvalue weighted by Crippen LogP contribution is 2.10. The Balaban J connectivity index is 1.88. The highest BCUT2D eigenvalue weighted by molar-refractivity contribution is 5.96. The maximum absolute atomic E-state index is 13.2. The second-order valence-electron chi connectivity index (χ2n) is 5.39. The van der Waals surface area contributed by atoms with E-state index in [2.05, 4.69) is 15.3 Å². The number of fused-ring (bicyclic) bond motifs is 1. The van der Waals surface area contributed by atoms with Gasteiger partial charge in [-0.15, -0.1) is 0 Å². The third-order valence-electron chi connectivity index (χ3n) is 3.63.